The molecule has 29 heavy (non-hydrogen) atoms. The van der Waals surface area contributed by atoms with Crippen LogP contribution in [0.2, 0.25) is 0 Å². The summed E-state index contributed by atoms with van der Waals surface area (Å²) in [6.45, 7) is 2.11. The lowest BCUT2D eigenvalue weighted by molar-refractivity contribution is 0.103. The minimum atomic E-state index is -0.281. The van der Waals surface area contributed by atoms with Gasteiger partial charge in [0.1, 0.15) is 9.71 Å². The zero-order valence-corrected chi connectivity index (χ0v) is 17.2. The molecular formula is C22H21N3O3S. The average Bonchev–Trinajstić information content (AvgIpc) is 3.07. The first kappa shape index (κ1) is 19.0. The van der Waals surface area contributed by atoms with Gasteiger partial charge < -0.3 is 20.5 Å². The summed E-state index contributed by atoms with van der Waals surface area (Å²) in [5, 5.41) is 4.69. The number of methoxy groups -OCH3 is 2. The van der Waals surface area contributed by atoms with Gasteiger partial charge in [-0.1, -0.05) is 13.0 Å². The number of fused-ring (bicyclic) bond motifs is 2. The van der Waals surface area contributed by atoms with E-state index in [-0.39, 0.29) is 5.91 Å². The lowest BCUT2D eigenvalue weighted by Gasteiger charge is -2.10. The largest absolute Gasteiger partial charge is 0.493 e. The van der Waals surface area contributed by atoms with E-state index in [9.17, 15) is 4.79 Å². The molecule has 0 unspecified atom stereocenters. The zero-order valence-electron chi connectivity index (χ0n) is 16.4. The number of thiophene rings is 1. The number of nitrogen functional groups attached to an aromatic ring is 1. The molecule has 0 aliphatic heterocycles. The smallest absolute Gasteiger partial charge is 0.267 e. The van der Waals surface area contributed by atoms with Gasteiger partial charge in [-0.3, -0.25) is 4.79 Å². The maximum Gasteiger partial charge on any atom is 0.267 e. The second-order valence-corrected chi connectivity index (χ2v) is 7.59. The number of ether oxygens (including phenoxy) is 2. The molecule has 3 N–H and O–H groups in total. The van der Waals surface area contributed by atoms with E-state index in [0.29, 0.717) is 27.8 Å². The number of aromatic nitrogens is 1. The van der Waals surface area contributed by atoms with Crippen LogP contribution in [0.1, 0.15) is 22.2 Å². The topological polar surface area (TPSA) is 86.5 Å². The number of nitrogens with zero attached hydrogens (tertiary/aromatic N) is 1. The second-order valence-electron chi connectivity index (χ2n) is 6.59. The summed E-state index contributed by atoms with van der Waals surface area (Å²) in [6, 6.07) is 13.4. The number of carbonyl (C=O) groups is 1. The number of amides is 1. The Morgan fingerprint density at radius 3 is 2.62 bits per heavy atom. The summed E-state index contributed by atoms with van der Waals surface area (Å²) in [5.41, 5.74) is 9.48. The van der Waals surface area contributed by atoms with Crippen LogP contribution >= 0.6 is 11.3 Å². The molecule has 0 fully saturated rings. The fourth-order valence-electron chi connectivity index (χ4n) is 3.24. The van der Waals surface area contributed by atoms with Crippen LogP contribution in [0, 0.1) is 0 Å². The maximum atomic E-state index is 12.9. The van der Waals surface area contributed by atoms with E-state index in [2.05, 4.69) is 24.4 Å². The number of nitrogens with one attached hydrogen (secondary N) is 1. The average molecular weight is 407 g/mol. The highest BCUT2D eigenvalue weighted by atomic mass is 32.1. The molecule has 2 aromatic heterocycles. The molecule has 4 aromatic rings. The zero-order chi connectivity index (χ0) is 20.5. The molecule has 0 aliphatic carbocycles. The van der Waals surface area contributed by atoms with E-state index in [1.807, 2.05) is 12.1 Å². The lowest BCUT2D eigenvalue weighted by atomic mass is 10.1. The quantitative estimate of drug-likeness (QED) is 0.493. The Kier molecular flexibility index (Phi) is 4.98. The molecule has 0 aliphatic rings. The first-order valence-electron chi connectivity index (χ1n) is 9.19. The molecule has 6 nitrogen and oxygen atoms in total. The minimum absolute atomic E-state index is 0.281. The van der Waals surface area contributed by atoms with Gasteiger partial charge >= 0.3 is 0 Å². The first-order chi connectivity index (χ1) is 14.0. The Labute approximate surface area is 172 Å². The van der Waals surface area contributed by atoms with Crippen molar-refractivity contribution >= 4 is 49.7 Å². The number of carbonyl (C=O) groups excluding carboxylic acids is 1. The van der Waals surface area contributed by atoms with E-state index in [1.54, 1.807) is 32.4 Å². The summed E-state index contributed by atoms with van der Waals surface area (Å²) in [4.78, 5) is 18.8. The predicted octanol–water partition coefficient (Wildman–Crippen LogP) is 4.86. The molecule has 148 valence electrons. The summed E-state index contributed by atoms with van der Waals surface area (Å²) in [6.07, 6.45) is 0.950. The predicted molar refractivity (Wildman–Crippen MR) is 118 cm³/mol. The standard InChI is InChI=1S/C22H21N3O3S/c1-4-12-5-7-16-13(9-12)10-15-19(23)20(29-22(15)25-16)21(26)24-14-6-8-17(27-2)18(11-14)28-3/h5-11H,4,23H2,1-3H3,(H,24,26). The number of pyridine rings is 1. The summed E-state index contributed by atoms with van der Waals surface area (Å²) >= 11 is 1.29. The highest BCUT2D eigenvalue weighted by Gasteiger charge is 2.19. The van der Waals surface area contributed by atoms with Gasteiger partial charge in [0.2, 0.25) is 0 Å². The normalized spacial score (nSPS) is 11.0. The van der Waals surface area contributed by atoms with Crippen molar-refractivity contribution in [2.75, 3.05) is 25.3 Å². The van der Waals surface area contributed by atoms with Gasteiger partial charge in [-0.25, -0.2) is 4.98 Å². The van der Waals surface area contributed by atoms with Crippen LogP contribution in [-0.2, 0) is 6.42 Å². The number of hydrogen-bond donors (Lipinski definition) is 2. The van der Waals surface area contributed by atoms with Gasteiger partial charge in [0.05, 0.1) is 25.4 Å². The molecule has 0 atom stereocenters. The highest BCUT2D eigenvalue weighted by Crippen LogP contribution is 2.36. The SMILES string of the molecule is CCc1ccc2nc3sc(C(=O)Nc4ccc(OC)c(OC)c4)c(N)c3cc2c1. The Morgan fingerprint density at radius 2 is 1.90 bits per heavy atom. The molecule has 0 radical (unpaired) electrons. The Bertz CT molecular complexity index is 1230. The molecule has 0 bridgehead atoms. The number of nitrogens with two attached hydrogens (primary N) is 1. The third-order valence-corrected chi connectivity index (χ3v) is 5.95. The van der Waals surface area contributed by atoms with Crippen molar-refractivity contribution < 1.29 is 14.3 Å². The summed E-state index contributed by atoms with van der Waals surface area (Å²) < 4.78 is 10.5. The molecule has 2 aromatic carbocycles. The number of anilines is 2. The van der Waals surface area contributed by atoms with E-state index in [1.165, 1.54) is 16.9 Å². The van der Waals surface area contributed by atoms with E-state index >= 15 is 0 Å². The van der Waals surface area contributed by atoms with Gasteiger partial charge in [0.25, 0.3) is 5.91 Å². The van der Waals surface area contributed by atoms with Crippen molar-refractivity contribution in [1.82, 2.24) is 4.98 Å². The molecule has 7 heteroatoms. The van der Waals surface area contributed by atoms with Crippen molar-refractivity contribution in [3.8, 4) is 11.5 Å². The van der Waals surface area contributed by atoms with E-state index in [0.717, 1.165) is 27.5 Å². The van der Waals surface area contributed by atoms with Crippen LogP contribution < -0.4 is 20.5 Å². The monoisotopic (exact) mass is 407 g/mol. The third-order valence-electron chi connectivity index (χ3n) is 4.83. The fraction of sp³-hybridized carbons (Fsp3) is 0.182. The van der Waals surface area contributed by atoms with E-state index in [4.69, 9.17) is 20.2 Å². The maximum absolute atomic E-state index is 12.9. The third kappa shape index (κ3) is 3.45. The Morgan fingerprint density at radius 1 is 1.10 bits per heavy atom. The Balaban J connectivity index is 1.70. The highest BCUT2D eigenvalue weighted by molar-refractivity contribution is 7.21. The van der Waals surface area contributed by atoms with Crippen LogP contribution in [-0.4, -0.2) is 25.1 Å². The van der Waals surface area contributed by atoms with Crippen LogP contribution in [0.3, 0.4) is 0 Å². The van der Waals surface area contributed by atoms with Crippen LogP contribution in [0.5, 0.6) is 11.5 Å². The second kappa shape index (κ2) is 7.60. The first-order valence-corrected chi connectivity index (χ1v) is 10.0. The van der Waals surface area contributed by atoms with Gasteiger partial charge in [0.15, 0.2) is 11.5 Å². The molecule has 0 spiro atoms. The number of benzene rings is 2. The minimum Gasteiger partial charge on any atom is -0.493 e. The molecule has 1 amide bonds. The van der Waals surface area contributed by atoms with Gasteiger partial charge in [-0.2, -0.15) is 0 Å². The van der Waals surface area contributed by atoms with Gasteiger partial charge in [-0.15, -0.1) is 11.3 Å². The number of hydrogen-bond acceptors (Lipinski definition) is 6. The lowest BCUT2D eigenvalue weighted by Crippen LogP contribution is -2.12. The fourth-order valence-corrected chi connectivity index (χ4v) is 4.22. The summed E-state index contributed by atoms with van der Waals surface area (Å²) in [5.74, 6) is 0.847. The van der Waals surface area contributed by atoms with Crippen molar-refractivity contribution in [3.63, 3.8) is 0 Å². The number of aryl methyl sites for hydroxylation is 1. The van der Waals surface area contributed by atoms with Crippen LogP contribution in [0.25, 0.3) is 21.1 Å². The van der Waals surface area contributed by atoms with Crippen LogP contribution in [0.15, 0.2) is 42.5 Å². The van der Waals surface area contributed by atoms with Crippen molar-refractivity contribution in [2.45, 2.75) is 13.3 Å². The molecule has 4 rings (SSSR count). The van der Waals surface area contributed by atoms with Crippen LogP contribution in [0.4, 0.5) is 11.4 Å². The van der Waals surface area contributed by atoms with Crippen molar-refractivity contribution in [3.05, 3.63) is 52.9 Å². The number of rotatable bonds is 5. The van der Waals surface area contributed by atoms with Crippen molar-refractivity contribution in [2.24, 2.45) is 0 Å². The van der Waals surface area contributed by atoms with Gasteiger partial charge in [-0.05, 0) is 42.3 Å². The molecular weight excluding hydrogens is 386 g/mol. The Hall–Kier alpha value is -3.32. The molecule has 0 saturated heterocycles. The van der Waals surface area contributed by atoms with E-state index < -0.39 is 0 Å². The molecule has 2 heterocycles. The summed E-state index contributed by atoms with van der Waals surface area (Å²) in [7, 11) is 3.11. The van der Waals surface area contributed by atoms with Crippen molar-refractivity contribution in [1.29, 1.82) is 0 Å². The molecule has 0 saturated carbocycles. The van der Waals surface area contributed by atoms with Gasteiger partial charge in [0, 0.05) is 22.5 Å².